The average molecular weight is 366 g/mol. The molecule has 136 valence electrons. The molecule has 2 aromatic heterocycles. The summed E-state index contributed by atoms with van der Waals surface area (Å²) in [5.41, 5.74) is 3.58. The Morgan fingerprint density at radius 3 is 2.50 bits per heavy atom. The summed E-state index contributed by atoms with van der Waals surface area (Å²) in [5, 5.41) is 10.5. The molecule has 0 atom stereocenters. The molecule has 0 saturated carbocycles. The van der Waals surface area contributed by atoms with E-state index in [-0.39, 0.29) is 13.0 Å². The number of carboxylic acids is 1. The van der Waals surface area contributed by atoms with Gasteiger partial charge in [0.2, 0.25) is 0 Å². The van der Waals surface area contributed by atoms with Gasteiger partial charge in [0.05, 0.1) is 5.56 Å². The summed E-state index contributed by atoms with van der Waals surface area (Å²) in [6.07, 6.45) is 3.32. The number of hydrogen-bond donors (Lipinski definition) is 1. The number of carboxylic acid groups (broad SMARTS) is 1. The number of aromatic carboxylic acids is 1. The van der Waals surface area contributed by atoms with E-state index in [1.165, 1.54) is 0 Å². The van der Waals surface area contributed by atoms with Crippen molar-refractivity contribution in [1.29, 1.82) is 0 Å². The van der Waals surface area contributed by atoms with Crippen molar-refractivity contribution in [3.8, 4) is 23.0 Å². The molecule has 4 heteroatoms. The molecule has 0 unspecified atom stereocenters. The summed E-state index contributed by atoms with van der Waals surface area (Å²) < 4.78 is 0. The molecular formula is C24H18N2O2. The Labute approximate surface area is 163 Å². The average Bonchev–Trinajstić information content (AvgIpc) is 2.72. The fraction of sp³-hybridized carbons (Fsp3) is 0.0417. The van der Waals surface area contributed by atoms with E-state index in [1.54, 1.807) is 24.5 Å². The van der Waals surface area contributed by atoms with Gasteiger partial charge in [0.15, 0.2) is 5.65 Å². The number of carbonyl (C=O) groups is 1. The van der Waals surface area contributed by atoms with Gasteiger partial charge in [-0.05, 0) is 42.5 Å². The van der Waals surface area contributed by atoms with Crippen molar-refractivity contribution in [3.63, 3.8) is 0 Å². The van der Waals surface area contributed by atoms with E-state index in [4.69, 9.17) is 0 Å². The fourth-order valence-electron chi connectivity index (χ4n) is 2.91. The monoisotopic (exact) mass is 366 g/mol. The van der Waals surface area contributed by atoms with Crippen molar-refractivity contribution in [3.05, 3.63) is 95.8 Å². The summed E-state index contributed by atoms with van der Waals surface area (Å²) in [7, 11) is 0. The molecule has 2 aromatic carbocycles. The summed E-state index contributed by atoms with van der Waals surface area (Å²) in [6, 6.07) is 20.3. The lowest BCUT2D eigenvalue weighted by Gasteiger charge is -2.10. The standard InChI is InChI=1S/C23H14N2O2.CH4/c26-23(27)20-10-4-8-17(12-11-16-6-2-1-3-7-16)21(20)19-14-18-9-5-13-24-22(18)25-15-19;/h1-10,13-15H,(H,26,27);1H4. The Hall–Kier alpha value is -3.97. The number of nitrogens with zero attached hydrogens (tertiary/aromatic N) is 2. The summed E-state index contributed by atoms with van der Waals surface area (Å²) >= 11 is 0. The second-order valence-corrected chi connectivity index (χ2v) is 5.92. The van der Waals surface area contributed by atoms with Gasteiger partial charge in [-0.1, -0.05) is 43.5 Å². The molecule has 0 aliphatic heterocycles. The van der Waals surface area contributed by atoms with Gasteiger partial charge < -0.3 is 5.11 Å². The molecule has 0 aliphatic carbocycles. The lowest BCUT2D eigenvalue weighted by molar-refractivity contribution is 0.0697. The Morgan fingerprint density at radius 2 is 1.71 bits per heavy atom. The maximum absolute atomic E-state index is 11.8. The Bertz CT molecular complexity index is 1210. The van der Waals surface area contributed by atoms with Gasteiger partial charge in [0, 0.05) is 40.0 Å². The zero-order valence-electron chi connectivity index (χ0n) is 14.3. The van der Waals surface area contributed by atoms with Gasteiger partial charge in [-0.25, -0.2) is 14.8 Å². The number of hydrogen-bond acceptors (Lipinski definition) is 3. The topological polar surface area (TPSA) is 63.1 Å². The van der Waals surface area contributed by atoms with Crippen LogP contribution in [0.3, 0.4) is 0 Å². The minimum absolute atomic E-state index is 0. The SMILES string of the molecule is C.O=C(O)c1cccc(C#Cc2ccccc2)c1-c1cnc2ncccc2c1. The van der Waals surface area contributed by atoms with Gasteiger partial charge >= 0.3 is 5.97 Å². The predicted octanol–water partition coefficient (Wildman–Crippen LogP) is 5.03. The van der Waals surface area contributed by atoms with Crippen molar-refractivity contribution in [2.45, 2.75) is 7.43 Å². The molecule has 28 heavy (non-hydrogen) atoms. The lowest BCUT2D eigenvalue weighted by Crippen LogP contribution is -2.02. The first-order chi connectivity index (χ1) is 13.2. The molecule has 4 nitrogen and oxygen atoms in total. The van der Waals surface area contributed by atoms with Crippen LogP contribution in [0, 0.1) is 11.8 Å². The molecule has 4 rings (SSSR count). The maximum atomic E-state index is 11.8. The number of rotatable bonds is 2. The molecule has 0 spiro atoms. The number of pyridine rings is 2. The Balaban J connectivity index is 0.00000225. The highest BCUT2D eigenvalue weighted by Crippen LogP contribution is 2.29. The maximum Gasteiger partial charge on any atom is 0.336 e. The molecule has 0 amide bonds. The number of aromatic nitrogens is 2. The van der Waals surface area contributed by atoms with Crippen LogP contribution in [0.5, 0.6) is 0 Å². The molecule has 4 aromatic rings. The zero-order valence-corrected chi connectivity index (χ0v) is 14.3. The molecule has 1 N–H and O–H groups in total. The van der Waals surface area contributed by atoms with E-state index in [2.05, 4.69) is 21.8 Å². The third-order valence-electron chi connectivity index (χ3n) is 4.15. The van der Waals surface area contributed by atoms with Crippen LogP contribution in [-0.2, 0) is 0 Å². The van der Waals surface area contributed by atoms with Crippen LogP contribution in [0.25, 0.3) is 22.2 Å². The minimum Gasteiger partial charge on any atom is -0.478 e. The predicted molar refractivity (Wildman–Crippen MR) is 111 cm³/mol. The van der Waals surface area contributed by atoms with Gasteiger partial charge in [-0.15, -0.1) is 0 Å². The normalized spacial score (nSPS) is 9.86. The Morgan fingerprint density at radius 1 is 0.893 bits per heavy atom. The molecule has 0 aliphatic rings. The summed E-state index contributed by atoms with van der Waals surface area (Å²) in [4.78, 5) is 20.4. The zero-order chi connectivity index (χ0) is 18.6. The lowest BCUT2D eigenvalue weighted by atomic mass is 9.94. The number of benzene rings is 2. The summed E-state index contributed by atoms with van der Waals surface area (Å²) in [5.74, 6) is 5.21. The molecular weight excluding hydrogens is 348 g/mol. The molecule has 0 saturated heterocycles. The van der Waals surface area contributed by atoms with E-state index in [0.717, 1.165) is 10.9 Å². The first-order valence-electron chi connectivity index (χ1n) is 8.37. The second-order valence-electron chi connectivity index (χ2n) is 5.92. The van der Waals surface area contributed by atoms with E-state index < -0.39 is 5.97 Å². The van der Waals surface area contributed by atoms with Gasteiger partial charge in [0.1, 0.15) is 0 Å². The van der Waals surface area contributed by atoms with Crippen LogP contribution in [0.4, 0.5) is 0 Å². The largest absolute Gasteiger partial charge is 0.478 e. The van der Waals surface area contributed by atoms with Crippen molar-refractivity contribution < 1.29 is 9.90 Å². The highest BCUT2D eigenvalue weighted by molar-refractivity contribution is 5.98. The molecule has 0 bridgehead atoms. The minimum atomic E-state index is -1.00. The van der Waals surface area contributed by atoms with Crippen LogP contribution >= 0.6 is 0 Å². The first kappa shape index (κ1) is 18.8. The molecule has 0 fully saturated rings. The Kier molecular flexibility index (Phi) is 5.48. The molecule has 2 heterocycles. The van der Waals surface area contributed by atoms with Crippen LogP contribution in [-0.4, -0.2) is 21.0 Å². The fourth-order valence-corrected chi connectivity index (χ4v) is 2.91. The van der Waals surface area contributed by atoms with Gasteiger partial charge in [-0.2, -0.15) is 0 Å². The van der Waals surface area contributed by atoms with Gasteiger partial charge in [-0.3, -0.25) is 0 Å². The second kappa shape index (κ2) is 8.15. The highest BCUT2D eigenvalue weighted by atomic mass is 16.4. The number of fused-ring (bicyclic) bond motifs is 1. The summed E-state index contributed by atoms with van der Waals surface area (Å²) in [6.45, 7) is 0. The van der Waals surface area contributed by atoms with Crippen LogP contribution in [0.2, 0.25) is 0 Å². The van der Waals surface area contributed by atoms with E-state index in [0.29, 0.717) is 22.3 Å². The van der Waals surface area contributed by atoms with Crippen LogP contribution in [0.1, 0.15) is 28.9 Å². The van der Waals surface area contributed by atoms with Crippen LogP contribution < -0.4 is 0 Å². The quantitative estimate of drug-likeness (QED) is 0.505. The van der Waals surface area contributed by atoms with E-state index >= 15 is 0 Å². The van der Waals surface area contributed by atoms with E-state index in [1.807, 2.05) is 54.6 Å². The molecule has 0 radical (unpaired) electrons. The third-order valence-corrected chi connectivity index (χ3v) is 4.15. The van der Waals surface area contributed by atoms with Crippen molar-refractivity contribution in [2.24, 2.45) is 0 Å². The van der Waals surface area contributed by atoms with Crippen molar-refractivity contribution in [1.82, 2.24) is 9.97 Å². The highest BCUT2D eigenvalue weighted by Gasteiger charge is 2.16. The third kappa shape index (κ3) is 3.74. The van der Waals surface area contributed by atoms with Crippen molar-refractivity contribution in [2.75, 3.05) is 0 Å². The van der Waals surface area contributed by atoms with Gasteiger partial charge in [0.25, 0.3) is 0 Å². The van der Waals surface area contributed by atoms with Crippen LogP contribution in [0.15, 0.2) is 79.1 Å². The smallest absolute Gasteiger partial charge is 0.336 e. The van der Waals surface area contributed by atoms with Crippen molar-refractivity contribution >= 4 is 17.0 Å². The first-order valence-corrected chi connectivity index (χ1v) is 8.37. The van der Waals surface area contributed by atoms with E-state index in [9.17, 15) is 9.90 Å².